The first-order chi connectivity index (χ1) is 12.3. The lowest BCUT2D eigenvalue weighted by Crippen LogP contribution is -2.42. The summed E-state index contributed by atoms with van der Waals surface area (Å²) in [6.07, 6.45) is 4.02. The number of carbonyl (C=O) groups is 1. The minimum atomic E-state index is -0.459. The molecular formula is C17H15N5O3. The van der Waals surface area contributed by atoms with Crippen molar-refractivity contribution in [3.63, 3.8) is 0 Å². The summed E-state index contributed by atoms with van der Waals surface area (Å²) in [5, 5.41) is 4.00. The molecule has 0 radical (unpaired) electrons. The molecule has 8 nitrogen and oxygen atoms in total. The van der Waals surface area contributed by atoms with Gasteiger partial charge in [0.15, 0.2) is 6.10 Å². The fourth-order valence-corrected chi connectivity index (χ4v) is 2.63. The lowest BCUT2D eigenvalue weighted by molar-refractivity contribution is -0.0369. The third-order valence-electron chi connectivity index (χ3n) is 3.89. The summed E-state index contributed by atoms with van der Waals surface area (Å²) in [4.78, 5) is 26.5. The van der Waals surface area contributed by atoms with Gasteiger partial charge in [-0.25, -0.2) is 4.98 Å². The van der Waals surface area contributed by atoms with Crippen LogP contribution < -0.4 is 0 Å². The molecule has 0 saturated carbocycles. The molecular weight excluding hydrogens is 322 g/mol. The van der Waals surface area contributed by atoms with Crippen LogP contribution in [0.25, 0.3) is 11.4 Å². The topological polar surface area (TPSA) is 94.2 Å². The van der Waals surface area contributed by atoms with E-state index in [4.69, 9.17) is 9.26 Å². The first-order valence-electron chi connectivity index (χ1n) is 7.87. The zero-order chi connectivity index (χ0) is 17.1. The number of aromatic nitrogens is 4. The third-order valence-corrected chi connectivity index (χ3v) is 3.89. The zero-order valence-electron chi connectivity index (χ0n) is 13.3. The standard InChI is InChI=1S/C17H15N5O3/c23-17(13-10-18-6-7-19-13)22-8-9-24-14(11-22)16-20-15(21-25-16)12-4-2-1-3-5-12/h1-7,10,14H,8-9,11H2/t14-/m0/s1. The molecule has 3 aromatic rings. The van der Waals surface area contributed by atoms with Crippen LogP contribution in [0.5, 0.6) is 0 Å². The molecule has 0 bridgehead atoms. The van der Waals surface area contributed by atoms with E-state index in [9.17, 15) is 4.79 Å². The van der Waals surface area contributed by atoms with E-state index in [2.05, 4.69) is 20.1 Å². The Bertz CT molecular complexity index is 853. The lowest BCUT2D eigenvalue weighted by Gasteiger charge is -2.30. The molecule has 0 N–H and O–H groups in total. The van der Waals surface area contributed by atoms with Crippen molar-refractivity contribution in [2.75, 3.05) is 19.7 Å². The highest BCUT2D eigenvalue weighted by atomic mass is 16.5. The second-order valence-electron chi connectivity index (χ2n) is 5.52. The number of rotatable bonds is 3. The van der Waals surface area contributed by atoms with Gasteiger partial charge < -0.3 is 14.2 Å². The predicted molar refractivity (Wildman–Crippen MR) is 86.4 cm³/mol. The SMILES string of the molecule is O=C(c1cnccn1)N1CCO[C@H](c2nc(-c3ccccc3)no2)C1. The van der Waals surface area contributed by atoms with Crippen LogP contribution in [-0.2, 0) is 4.74 Å². The number of carbonyl (C=O) groups excluding carboxylic acids is 1. The van der Waals surface area contributed by atoms with E-state index in [1.807, 2.05) is 30.3 Å². The van der Waals surface area contributed by atoms with Crippen LogP contribution in [-0.4, -0.2) is 50.6 Å². The summed E-state index contributed by atoms with van der Waals surface area (Å²) in [6.45, 7) is 1.19. The maximum Gasteiger partial charge on any atom is 0.274 e. The van der Waals surface area contributed by atoms with Gasteiger partial charge in [0, 0.05) is 24.5 Å². The molecule has 1 amide bonds. The summed E-state index contributed by atoms with van der Waals surface area (Å²) >= 11 is 0. The molecule has 0 aliphatic carbocycles. The Kier molecular flexibility index (Phi) is 4.17. The molecule has 8 heteroatoms. The summed E-state index contributed by atoms with van der Waals surface area (Å²) < 4.78 is 11.0. The Morgan fingerprint density at radius 1 is 1.20 bits per heavy atom. The highest BCUT2D eigenvalue weighted by molar-refractivity contribution is 5.92. The number of nitrogens with zero attached hydrogens (tertiary/aromatic N) is 5. The van der Waals surface area contributed by atoms with E-state index < -0.39 is 6.10 Å². The second kappa shape index (κ2) is 6.78. The molecule has 1 aromatic carbocycles. The van der Waals surface area contributed by atoms with Crippen LogP contribution in [0.1, 0.15) is 22.5 Å². The monoisotopic (exact) mass is 337 g/mol. The van der Waals surface area contributed by atoms with Gasteiger partial charge in [-0.3, -0.25) is 9.78 Å². The average Bonchev–Trinajstić information content (AvgIpc) is 3.19. The van der Waals surface area contributed by atoms with Gasteiger partial charge in [0.1, 0.15) is 5.69 Å². The first kappa shape index (κ1) is 15.4. The fraction of sp³-hybridized carbons (Fsp3) is 0.235. The molecule has 4 rings (SSSR count). The fourth-order valence-electron chi connectivity index (χ4n) is 2.63. The van der Waals surface area contributed by atoms with Crippen LogP contribution in [0.4, 0.5) is 0 Å². The van der Waals surface area contributed by atoms with E-state index in [0.29, 0.717) is 37.1 Å². The van der Waals surface area contributed by atoms with Crippen LogP contribution in [0.3, 0.4) is 0 Å². The van der Waals surface area contributed by atoms with Gasteiger partial charge in [-0.05, 0) is 0 Å². The van der Waals surface area contributed by atoms with Gasteiger partial charge in [-0.1, -0.05) is 35.5 Å². The maximum absolute atomic E-state index is 12.5. The molecule has 3 heterocycles. The van der Waals surface area contributed by atoms with Crippen molar-refractivity contribution < 1.29 is 14.1 Å². The smallest absolute Gasteiger partial charge is 0.274 e. The number of morpholine rings is 1. The molecule has 2 aromatic heterocycles. The van der Waals surface area contributed by atoms with Crippen molar-refractivity contribution >= 4 is 5.91 Å². The quantitative estimate of drug-likeness (QED) is 0.718. The summed E-state index contributed by atoms with van der Waals surface area (Å²) in [5.41, 5.74) is 1.17. The molecule has 1 aliphatic rings. The molecule has 1 saturated heterocycles. The molecule has 0 unspecified atom stereocenters. The normalized spacial score (nSPS) is 17.4. The van der Waals surface area contributed by atoms with Gasteiger partial charge >= 0.3 is 0 Å². The molecule has 126 valence electrons. The Morgan fingerprint density at radius 2 is 2.08 bits per heavy atom. The van der Waals surface area contributed by atoms with Crippen molar-refractivity contribution in [3.05, 3.63) is 60.5 Å². The molecule has 1 fully saturated rings. The minimum Gasteiger partial charge on any atom is -0.365 e. The molecule has 0 spiro atoms. The first-order valence-corrected chi connectivity index (χ1v) is 7.87. The Hall–Kier alpha value is -3.13. The Balaban J connectivity index is 1.50. The van der Waals surface area contributed by atoms with Crippen molar-refractivity contribution in [2.24, 2.45) is 0 Å². The van der Waals surface area contributed by atoms with Crippen molar-refractivity contribution in [1.82, 2.24) is 25.0 Å². The van der Waals surface area contributed by atoms with Crippen LogP contribution >= 0.6 is 0 Å². The minimum absolute atomic E-state index is 0.191. The van der Waals surface area contributed by atoms with E-state index in [0.717, 1.165) is 5.56 Å². The lowest BCUT2D eigenvalue weighted by atomic mass is 10.2. The average molecular weight is 337 g/mol. The summed E-state index contributed by atoms with van der Waals surface area (Å²) in [6, 6.07) is 9.54. The van der Waals surface area contributed by atoms with Crippen LogP contribution in [0, 0.1) is 0 Å². The van der Waals surface area contributed by atoms with Gasteiger partial charge in [-0.15, -0.1) is 0 Å². The van der Waals surface area contributed by atoms with E-state index in [-0.39, 0.29) is 5.91 Å². The van der Waals surface area contributed by atoms with Gasteiger partial charge in [0.2, 0.25) is 5.82 Å². The van der Waals surface area contributed by atoms with E-state index in [1.165, 1.54) is 18.6 Å². The Labute approximate surface area is 143 Å². The van der Waals surface area contributed by atoms with Gasteiger partial charge in [0.25, 0.3) is 11.8 Å². The molecule has 1 aliphatic heterocycles. The highest BCUT2D eigenvalue weighted by Gasteiger charge is 2.30. The third kappa shape index (κ3) is 3.24. The number of hydrogen-bond donors (Lipinski definition) is 0. The predicted octanol–water partition coefficient (Wildman–Crippen LogP) is 1.74. The van der Waals surface area contributed by atoms with Crippen molar-refractivity contribution in [2.45, 2.75) is 6.10 Å². The van der Waals surface area contributed by atoms with Crippen molar-refractivity contribution in [1.29, 1.82) is 0 Å². The van der Waals surface area contributed by atoms with E-state index >= 15 is 0 Å². The number of benzene rings is 1. The van der Waals surface area contributed by atoms with Crippen molar-refractivity contribution in [3.8, 4) is 11.4 Å². The number of amides is 1. The summed E-state index contributed by atoms with van der Waals surface area (Å²) in [5.74, 6) is 0.663. The Morgan fingerprint density at radius 3 is 2.88 bits per heavy atom. The maximum atomic E-state index is 12.5. The van der Waals surface area contributed by atoms with Gasteiger partial charge in [0.05, 0.1) is 19.3 Å². The second-order valence-corrected chi connectivity index (χ2v) is 5.52. The highest BCUT2D eigenvalue weighted by Crippen LogP contribution is 2.24. The largest absolute Gasteiger partial charge is 0.365 e. The zero-order valence-corrected chi connectivity index (χ0v) is 13.3. The summed E-state index contributed by atoms with van der Waals surface area (Å²) in [7, 11) is 0. The van der Waals surface area contributed by atoms with Crippen LogP contribution in [0.2, 0.25) is 0 Å². The number of hydrogen-bond acceptors (Lipinski definition) is 7. The van der Waals surface area contributed by atoms with Crippen LogP contribution in [0.15, 0.2) is 53.4 Å². The molecule has 1 atom stereocenters. The number of ether oxygens (including phenoxy) is 1. The van der Waals surface area contributed by atoms with E-state index in [1.54, 1.807) is 4.90 Å². The van der Waals surface area contributed by atoms with Gasteiger partial charge in [-0.2, -0.15) is 4.98 Å². The molecule has 25 heavy (non-hydrogen) atoms.